The van der Waals surface area contributed by atoms with Gasteiger partial charge < -0.3 is 15.5 Å². The highest BCUT2D eigenvalue weighted by molar-refractivity contribution is 5.90. The molecule has 0 spiro atoms. The molecule has 0 fully saturated rings. The molecule has 5 nitrogen and oxygen atoms in total. The maximum atomic E-state index is 10.7. The fraction of sp³-hybridized carbons (Fsp3) is 0.250. The van der Waals surface area contributed by atoms with Gasteiger partial charge in [0.1, 0.15) is 5.70 Å². The number of dihydropyridines is 1. The molecule has 5 heteroatoms. The fourth-order valence-electron chi connectivity index (χ4n) is 0.949. The molecule has 3 N–H and O–H groups in total. The van der Waals surface area contributed by atoms with E-state index >= 15 is 0 Å². The molecule has 1 atom stereocenters. The minimum absolute atomic E-state index is 0.118. The molecule has 1 heterocycles. The molecule has 0 saturated heterocycles. The first-order chi connectivity index (χ1) is 5.96. The number of aliphatic carboxylic acids is 2. The quantitative estimate of drug-likeness (QED) is 0.559. The van der Waals surface area contributed by atoms with E-state index in [1.807, 2.05) is 0 Å². The molecule has 70 valence electrons. The number of nitrogens with one attached hydrogen (secondary N) is 1. The topological polar surface area (TPSA) is 86.6 Å². The summed E-state index contributed by atoms with van der Waals surface area (Å²) in [5.74, 6) is -2.28. The van der Waals surface area contributed by atoms with Crippen molar-refractivity contribution >= 4 is 11.9 Å². The van der Waals surface area contributed by atoms with Gasteiger partial charge in [0.2, 0.25) is 0 Å². The summed E-state index contributed by atoms with van der Waals surface area (Å²) >= 11 is 0. The van der Waals surface area contributed by atoms with Crippen molar-refractivity contribution < 1.29 is 19.8 Å². The smallest absolute Gasteiger partial charge is 0.351 e. The van der Waals surface area contributed by atoms with Crippen LogP contribution in [0.25, 0.3) is 0 Å². The van der Waals surface area contributed by atoms with Gasteiger partial charge in [0.05, 0.1) is 0 Å². The summed E-state index contributed by atoms with van der Waals surface area (Å²) in [5, 5.41) is 19.8. The lowest BCUT2D eigenvalue weighted by atomic mass is 9.99. The van der Waals surface area contributed by atoms with Gasteiger partial charge in [0.25, 0.3) is 0 Å². The minimum Gasteiger partial charge on any atom is -0.479 e. The van der Waals surface area contributed by atoms with Crippen LogP contribution in [0.4, 0.5) is 0 Å². The zero-order chi connectivity index (χ0) is 10.1. The molecule has 1 unspecified atom stereocenters. The molecule has 0 aliphatic carbocycles. The first-order valence-electron chi connectivity index (χ1n) is 3.60. The minimum atomic E-state index is -1.33. The summed E-state index contributed by atoms with van der Waals surface area (Å²) < 4.78 is 0. The highest BCUT2D eigenvalue weighted by Gasteiger charge is 2.33. The summed E-state index contributed by atoms with van der Waals surface area (Å²) in [6.07, 6.45) is 4.11. The van der Waals surface area contributed by atoms with Gasteiger partial charge in [0, 0.05) is 0 Å². The average Bonchev–Trinajstić information content (AvgIpc) is 2.04. The van der Waals surface area contributed by atoms with Crippen molar-refractivity contribution in [1.82, 2.24) is 5.32 Å². The van der Waals surface area contributed by atoms with Crippen LogP contribution in [0, 0.1) is 0 Å². The highest BCUT2D eigenvalue weighted by atomic mass is 16.4. The Kier molecular flexibility index (Phi) is 2.10. The van der Waals surface area contributed by atoms with Gasteiger partial charge in [-0.3, -0.25) is 0 Å². The number of allylic oxidation sites excluding steroid dienone is 2. The van der Waals surface area contributed by atoms with E-state index in [1.165, 1.54) is 25.2 Å². The van der Waals surface area contributed by atoms with Gasteiger partial charge >= 0.3 is 11.9 Å². The van der Waals surface area contributed by atoms with E-state index in [9.17, 15) is 9.59 Å². The maximum absolute atomic E-state index is 10.7. The third kappa shape index (κ3) is 1.69. The van der Waals surface area contributed by atoms with Crippen molar-refractivity contribution in [3.8, 4) is 0 Å². The van der Waals surface area contributed by atoms with Gasteiger partial charge in [-0.1, -0.05) is 6.08 Å². The van der Waals surface area contributed by atoms with Gasteiger partial charge in [-0.25, -0.2) is 9.59 Å². The molecule has 0 aromatic carbocycles. The Morgan fingerprint density at radius 3 is 2.54 bits per heavy atom. The molecule has 13 heavy (non-hydrogen) atoms. The van der Waals surface area contributed by atoms with Crippen LogP contribution < -0.4 is 5.32 Å². The van der Waals surface area contributed by atoms with Crippen LogP contribution >= 0.6 is 0 Å². The number of hydrogen-bond donors (Lipinski definition) is 3. The molecule has 0 saturated carbocycles. The van der Waals surface area contributed by atoms with Crippen LogP contribution in [0.5, 0.6) is 0 Å². The Labute approximate surface area is 74.4 Å². The van der Waals surface area contributed by atoms with E-state index in [-0.39, 0.29) is 5.70 Å². The second-order valence-electron chi connectivity index (χ2n) is 2.88. The molecule has 0 radical (unpaired) electrons. The van der Waals surface area contributed by atoms with E-state index in [1.54, 1.807) is 0 Å². The molecular weight excluding hydrogens is 174 g/mol. The molecule has 0 aromatic heterocycles. The van der Waals surface area contributed by atoms with Gasteiger partial charge in [-0.15, -0.1) is 0 Å². The first-order valence-corrected chi connectivity index (χ1v) is 3.60. The third-order valence-electron chi connectivity index (χ3n) is 1.76. The number of carboxylic acids is 2. The number of hydrogen-bond acceptors (Lipinski definition) is 3. The van der Waals surface area contributed by atoms with Crippen LogP contribution in [-0.4, -0.2) is 27.7 Å². The summed E-state index contributed by atoms with van der Waals surface area (Å²) in [4.78, 5) is 21.2. The SMILES string of the molecule is CC1(C(=O)O)C=CC=C(C(=O)O)N1. The Morgan fingerprint density at radius 1 is 1.46 bits per heavy atom. The van der Waals surface area contributed by atoms with E-state index in [0.29, 0.717) is 0 Å². The predicted molar refractivity (Wildman–Crippen MR) is 44.0 cm³/mol. The average molecular weight is 183 g/mol. The molecule has 1 rings (SSSR count). The summed E-state index contributed by atoms with van der Waals surface area (Å²) in [6.45, 7) is 1.39. The van der Waals surface area contributed by atoms with Crippen molar-refractivity contribution in [2.45, 2.75) is 12.5 Å². The van der Waals surface area contributed by atoms with Crippen molar-refractivity contribution in [1.29, 1.82) is 0 Å². The van der Waals surface area contributed by atoms with Crippen LogP contribution in [0.15, 0.2) is 23.9 Å². The number of rotatable bonds is 2. The van der Waals surface area contributed by atoms with Crippen LogP contribution in [0.2, 0.25) is 0 Å². The molecular formula is C8H9NO4. The second-order valence-corrected chi connectivity index (χ2v) is 2.88. The number of carbonyl (C=O) groups is 2. The molecule has 0 aromatic rings. The van der Waals surface area contributed by atoms with Crippen molar-refractivity contribution in [3.63, 3.8) is 0 Å². The zero-order valence-corrected chi connectivity index (χ0v) is 6.94. The van der Waals surface area contributed by atoms with Gasteiger partial charge in [-0.05, 0) is 19.1 Å². The van der Waals surface area contributed by atoms with Crippen molar-refractivity contribution in [2.24, 2.45) is 0 Å². The van der Waals surface area contributed by atoms with Crippen LogP contribution in [0.1, 0.15) is 6.92 Å². The van der Waals surface area contributed by atoms with E-state index < -0.39 is 17.5 Å². The summed E-state index contributed by atoms with van der Waals surface area (Å²) in [5.41, 5.74) is -1.45. The third-order valence-corrected chi connectivity index (χ3v) is 1.76. The Morgan fingerprint density at radius 2 is 2.08 bits per heavy atom. The fourth-order valence-corrected chi connectivity index (χ4v) is 0.949. The Hall–Kier alpha value is -1.78. The highest BCUT2D eigenvalue weighted by Crippen LogP contribution is 2.14. The second kappa shape index (κ2) is 2.93. The maximum Gasteiger partial charge on any atom is 0.351 e. The Bertz CT molecular complexity index is 318. The molecule has 0 bridgehead atoms. The molecule has 1 aliphatic rings. The van der Waals surface area contributed by atoms with Crippen molar-refractivity contribution in [3.05, 3.63) is 23.9 Å². The first kappa shape index (κ1) is 9.31. The van der Waals surface area contributed by atoms with Gasteiger partial charge in [-0.2, -0.15) is 0 Å². The Balaban J connectivity index is 2.92. The standard InChI is InChI=1S/C8H9NO4/c1-8(7(12)13)4-2-3-5(9-8)6(10)11/h2-4,9H,1H3,(H,10,11)(H,12,13). The van der Waals surface area contributed by atoms with Gasteiger partial charge in [0.15, 0.2) is 5.54 Å². The lowest BCUT2D eigenvalue weighted by molar-refractivity contribution is -0.142. The zero-order valence-electron chi connectivity index (χ0n) is 6.94. The largest absolute Gasteiger partial charge is 0.479 e. The van der Waals surface area contributed by atoms with Crippen LogP contribution in [0.3, 0.4) is 0 Å². The lowest BCUT2D eigenvalue weighted by Crippen LogP contribution is -2.49. The molecule has 0 amide bonds. The van der Waals surface area contributed by atoms with E-state index in [0.717, 1.165) is 0 Å². The van der Waals surface area contributed by atoms with Crippen molar-refractivity contribution in [2.75, 3.05) is 0 Å². The predicted octanol–water partition coefficient (Wildman–Crippen LogP) is -0.0424. The summed E-state index contributed by atoms with van der Waals surface area (Å²) in [6, 6.07) is 0. The normalized spacial score (nSPS) is 26.1. The van der Waals surface area contributed by atoms with E-state index in [2.05, 4.69) is 5.32 Å². The van der Waals surface area contributed by atoms with E-state index in [4.69, 9.17) is 10.2 Å². The molecule has 1 aliphatic heterocycles. The van der Waals surface area contributed by atoms with Crippen LogP contribution in [-0.2, 0) is 9.59 Å². The number of carboxylic acid groups (broad SMARTS) is 2. The monoisotopic (exact) mass is 183 g/mol. The lowest BCUT2D eigenvalue weighted by Gasteiger charge is -2.26. The summed E-state index contributed by atoms with van der Waals surface area (Å²) in [7, 11) is 0.